The number of hydrogen-bond acceptors (Lipinski definition) is 4. The van der Waals surface area contributed by atoms with E-state index in [1.807, 2.05) is 0 Å². The molecule has 0 N–H and O–H groups in total. The Bertz CT molecular complexity index is 786. The zero-order valence-electron chi connectivity index (χ0n) is 18.9. The highest BCUT2D eigenvalue weighted by Gasteiger charge is 2.51. The van der Waals surface area contributed by atoms with E-state index in [0.29, 0.717) is 17.5 Å². The largest absolute Gasteiger partial charge is 0.379 e. The van der Waals surface area contributed by atoms with Gasteiger partial charge in [-0.05, 0) is 60.8 Å². The molecule has 0 radical (unpaired) electrons. The highest BCUT2D eigenvalue weighted by atomic mass is 16.5. The van der Waals surface area contributed by atoms with Gasteiger partial charge >= 0.3 is 0 Å². The van der Waals surface area contributed by atoms with Gasteiger partial charge in [0.15, 0.2) is 0 Å². The van der Waals surface area contributed by atoms with Gasteiger partial charge in [0.1, 0.15) is 0 Å². The van der Waals surface area contributed by atoms with Crippen molar-refractivity contribution in [2.24, 2.45) is 10.8 Å². The van der Waals surface area contributed by atoms with Gasteiger partial charge < -0.3 is 14.5 Å². The van der Waals surface area contributed by atoms with Crippen LogP contribution < -0.4 is 4.90 Å². The average Bonchev–Trinajstić information content (AvgIpc) is 3.30. The second-order valence-corrected chi connectivity index (χ2v) is 11.2. The Balaban J connectivity index is 1.24. The summed E-state index contributed by atoms with van der Waals surface area (Å²) in [6, 6.07) is 9.44. The molecule has 4 aliphatic rings. The van der Waals surface area contributed by atoms with Crippen molar-refractivity contribution in [3.8, 4) is 0 Å². The number of nitrogens with zero attached hydrogens (tertiary/aromatic N) is 3. The Hall–Kier alpha value is -1.59. The molecule has 4 fully saturated rings. The van der Waals surface area contributed by atoms with Crippen molar-refractivity contribution < 1.29 is 9.53 Å². The Kier molecular flexibility index (Phi) is 5.10. The predicted molar refractivity (Wildman–Crippen MR) is 120 cm³/mol. The van der Waals surface area contributed by atoms with Crippen LogP contribution in [0, 0.1) is 10.8 Å². The first-order valence-electron chi connectivity index (χ1n) is 11.8. The van der Waals surface area contributed by atoms with E-state index < -0.39 is 0 Å². The van der Waals surface area contributed by atoms with Gasteiger partial charge in [-0.25, -0.2) is 0 Å². The number of hydrogen-bond donors (Lipinski definition) is 0. The molecule has 1 amide bonds. The fourth-order valence-electron chi connectivity index (χ4n) is 6.90. The first kappa shape index (κ1) is 20.3. The molecule has 5 rings (SSSR count). The number of benzene rings is 1. The van der Waals surface area contributed by atoms with Crippen LogP contribution in [-0.4, -0.2) is 73.7 Å². The molecule has 1 saturated carbocycles. The molecule has 30 heavy (non-hydrogen) atoms. The third-order valence-electron chi connectivity index (χ3n) is 7.88. The molecule has 2 bridgehead atoms. The van der Waals surface area contributed by atoms with Gasteiger partial charge in [-0.3, -0.25) is 9.69 Å². The zero-order valence-corrected chi connectivity index (χ0v) is 18.9. The molecule has 0 spiro atoms. The number of morpholine rings is 1. The van der Waals surface area contributed by atoms with Crippen molar-refractivity contribution in [3.05, 3.63) is 29.8 Å². The van der Waals surface area contributed by atoms with Gasteiger partial charge in [-0.1, -0.05) is 20.8 Å². The standard InChI is InChI=1S/C25H37N3O2/c1-24(2)14-22-15-25(3,17-24)18-28(22)23(29)19-4-6-20(7-5-19)27-9-8-21(16-27)26-10-12-30-13-11-26/h4-7,21-22H,8-18H2,1-3H3. The van der Waals surface area contributed by atoms with Crippen molar-refractivity contribution in [1.29, 1.82) is 0 Å². The lowest BCUT2D eigenvalue weighted by atomic mass is 9.65. The predicted octanol–water partition coefficient (Wildman–Crippen LogP) is 3.64. The molecule has 1 aliphatic carbocycles. The van der Waals surface area contributed by atoms with Crippen LogP contribution in [0.1, 0.15) is 56.8 Å². The van der Waals surface area contributed by atoms with Gasteiger partial charge in [0.2, 0.25) is 0 Å². The minimum Gasteiger partial charge on any atom is -0.379 e. The number of ether oxygens (including phenoxy) is 1. The van der Waals surface area contributed by atoms with E-state index in [1.54, 1.807) is 0 Å². The smallest absolute Gasteiger partial charge is 0.254 e. The van der Waals surface area contributed by atoms with Crippen LogP contribution in [0.25, 0.3) is 0 Å². The first-order chi connectivity index (χ1) is 14.3. The van der Waals surface area contributed by atoms with Crippen molar-refractivity contribution in [1.82, 2.24) is 9.80 Å². The number of carbonyl (C=O) groups is 1. The first-order valence-corrected chi connectivity index (χ1v) is 11.8. The normalized spacial score (nSPS) is 33.8. The maximum Gasteiger partial charge on any atom is 0.254 e. The molecule has 5 nitrogen and oxygen atoms in total. The van der Waals surface area contributed by atoms with Crippen LogP contribution >= 0.6 is 0 Å². The van der Waals surface area contributed by atoms with Gasteiger partial charge in [-0.15, -0.1) is 0 Å². The molecule has 5 heteroatoms. The third-order valence-corrected chi connectivity index (χ3v) is 7.88. The Labute approximate surface area is 181 Å². The summed E-state index contributed by atoms with van der Waals surface area (Å²) in [5.41, 5.74) is 2.71. The van der Waals surface area contributed by atoms with E-state index in [-0.39, 0.29) is 11.3 Å². The van der Waals surface area contributed by atoms with Crippen LogP contribution in [0.4, 0.5) is 5.69 Å². The summed E-state index contributed by atoms with van der Waals surface area (Å²) in [5.74, 6) is 0.223. The van der Waals surface area contributed by atoms with Crippen molar-refractivity contribution in [3.63, 3.8) is 0 Å². The second kappa shape index (κ2) is 7.52. The van der Waals surface area contributed by atoms with Crippen LogP contribution in [0.2, 0.25) is 0 Å². The van der Waals surface area contributed by atoms with E-state index in [0.717, 1.165) is 64.3 Å². The monoisotopic (exact) mass is 411 g/mol. The number of rotatable bonds is 3. The molecule has 0 aromatic heterocycles. The van der Waals surface area contributed by atoms with Gasteiger partial charge in [0, 0.05) is 56.1 Å². The third kappa shape index (κ3) is 3.87. The van der Waals surface area contributed by atoms with Crippen LogP contribution in [0.15, 0.2) is 24.3 Å². The van der Waals surface area contributed by atoms with Crippen LogP contribution in [-0.2, 0) is 4.74 Å². The summed E-state index contributed by atoms with van der Waals surface area (Å²) in [7, 11) is 0. The molecular weight excluding hydrogens is 374 g/mol. The number of carbonyl (C=O) groups excluding carboxylic acids is 1. The summed E-state index contributed by atoms with van der Waals surface area (Å²) >= 11 is 0. The highest BCUT2D eigenvalue weighted by molar-refractivity contribution is 5.95. The van der Waals surface area contributed by atoms with Crippen molar-refractivity contribution in [2.45, 2.75) is 58.5 Å². The molecule has 1 aromatic rings. The lowest BCUT2D eigenvalue weighted by Crippen LogP contribution is -2.44. The summed E-state index contributed by atoms with van der Waals surface area (Å²) in [4.78, 5) is 20.6. The fraction of sp³-hybridized carbons (Fsp3) is 0.720. The van der Waals surface area contributed by atoms with Gasteiger partial charge in [0.05, 0.1) is 13.2 Å². The number of likely N-dealkylation sites (tertiary alicyclic amines) is 1. The molecule has 3 aliphatic heterocycles. The highest BCUT2D eigenvalue weighted by Crippen LogP contribution is 2.52. The maximum absolute atomic E-state index is 13.3. The Morgan fingerprint density at radius 2 is 1.73 bits per heavy atom. The molecule has 3 atom stereocenters. The molecule has 1 aromatic carbocycles. The topological polar surface area (TPSA) is 36.0 Å². The lowest BCUT2D eigenvalue weighted by molar-refractivity contribution is 0.0209. The Morgan fingerprint density at radius 3 is 2.47 bits per heavy atom. The number of fused-ring (bicyclic) bond motifs is 2. The van der Waals surface area contributed by atoms with Crippen LogP contribution in [0.5, 0.6) is 0 Å². The van der Waals surface area contributed by atoms with Gasteiger partial charge in [-0.2, -0.15) is 0 Å². The summed E-state index contributed by atoms with van der Waals surface area (Å²) in [5, 5.41) is 0. The van der Waals surface area contributed by atoms with Crippen molar-refractivity contribution >= 4 is 11.6 Å². The SMILES string of the molecule is CC1(C)CC2CC(C)(CN2C(=O)c2ccc(N3CCC(N4CCOCC4)C3)cc2)C1. The lowest BCUT2D eigenvalue weighted by Gasteiger charge is -2.39. The average molecular weight is 412 g/mol. The minimum atomic E-state index is 0.223. The second-order valence-electron chi connectivity index (χ2n) is 11.2. The Morgan fingerprint density at radius 1 is 1.00 bits per heavy atom. The van der Waals surface area contributed by atoms with Crippen molar-refractivity contribution in [2.75, 3.05) is 50.8 Å². The summed E-state index contributed by atoms with van der Waals surface area (Å²) < 4.78 is 5.50. The van der Waals surface area contributed by atoms with E-state index in [1.165, 1.54) is 18.5 Å². The molecule has 3 unspecified atom stereocenters. The fourth-order valence-corrected chi connectivity index (χ4v) is 6.90. The quantitative estimate of drug-likeness (QED) is 0.761. The number of amides is 1. The van der Waals surface area contributed by atoms with E-state index in [9.17, 15) is 4.79 Å². The van der Waals surface area contributed by atoms with E-state index in [2.05, 4.69) is 59.7 Å². The van der Waals surface area contributed by atoms with E-state index in [4.69, 9.17) is 4.74 Å². The molecule has 164 valence electrons. The van der Waals surface area contributed by atoms with Gasteiger partial charge in [0.25, 0.3) is 5.91 Å². The zero-order chi connectivity index (χ0) is 20.9. The maximum atomic E-state index is 13.3. The molecule has 3 saturated heterocycles. The van der Waals surface area contributed by atoms with E-state index >= 15 is 0 Å². The minimum absolute atomic E-state index is 0.223. The molecular formula is C25H37N3O2. The summed E-state index contributed by atoms with van der Waals surface area (Å²) in [6.45, 7) is 14.0. The summed E-state index contributed by atoms with van der Waals surface area (Å²) in [6.07, 6.45) is 4.73. The van der Waals surface area contributed by atoms with Crippen LogP contribution in [0.3, 0.4) is 0 Å². The number of anilines is 1. The molecule has 3 heterocycles.